The maximum Gasteiger partial charge on any atom is 0.462 e. The summed E-state index contributed by atoms with van der Waals surface area (Å²) in [5.74, 6) is -7.35. The highest BCUT2D eigenvalue weighted by Gasteiger charge is 2.73. The molecule has 0 saturated heterocycles. The molecule has 0 aliphatic rings. The summed E-state index contributed by atoms with van der Waals surface area (Å²) < 4.78 is 92.9. The predicted molar refractivity (Wildman–Crippen MR) is 79.8 cm³/mol. The highest BCUT2D eigenvalue weighted by atomic mass is 79.9. The van der Waals surface area contributed by atoms with E-state index < -0.39 is 24.1 Å². The van der Waals surface area contributed by atoms with Gasteiger partial charge in [-0.2, -0.15) is 35.8 Å². The average molecular weight is 504 g/mol. The number of esters is 1. The van der Waals surface area contributed by atoms with Gasteiger partial charge in [-0.3, -0.25) is 4.79 Å². The third-order valence-electron chi connectivity index (χ3n) is 2.44. The summed E-state index contributed by atoms with van der Waals surface area (Å²) in [5.41, 5.74) is 0.311. The van der Waals surface area contributed by atoms with Crippen LogP contribution in [0.25, 0.3) is 0 Å². The lowest BCUT2D eigenvalue weighted by Crippen LogP contribution is -2.58. The first-order valence-corrected chi connectivity index (χ1v) is 7.57. The van der Waals surface area contributed by atoms with E-state index >= 15 is 0 Å². The maximum atomic E-state index is 13.1. The number of nitrogens with zero attached hydrogens (tertiary/aromatic N) is 1. The van der Waals surface area contributed by atoms with Crippen LogP contribution in [-0.4, -0.2) is 30.3 Å². The maximum absolute atomic E-state index is 13.1. The van der Waals surface area contributed by atoms with Gasteiger partial charge in [0.25, 0.3) is 0 Å². The molecule has 0 saturated carbocycles. The van der Waals surface area contributed by atoms with Crippen LogP contribution in [0.3, 0.4) is 0 Å². The van der Waals surface area contributed by atoms with Crippen molar-refractivity contribution >= 4 is 44.0 Å². The first kappa shape index (κ1) is 21.7. The lowest BCUT2D eigenvalue weighted by Gasteiger charge is -2.27. The monoisotopic (exact) mass is 502 g/mol. The molecule has 0 aromatic heterocycles. The molecular formula is C12H7Br2F7N2O2. The van der Waals surface area contributed by atoms with E-state index in [1.54, 1.807) is 0 Å². The molecule has 0 atom stereocenters. The van der Waals surface area contributed by atoms with Crippen molar-refractivity contribution < 1.29 is 40.3 Å². The van der Waals surface area contributed by atoms with Gasteiger partial charge in [-0.05, 0) is 28.1 Å². The molecule has 140 valence electrons. The second-order valence-corrected chi connectivity index (χ2v) is 6.19. The standard InChI is InChI=1S/C12H7Br2F7N2O2/c1-5(24)25-9-6(2-7(13)3-8(9)14)4-22-23-12(20,21)10(15,16)11(17,18)19/h2-4,23H,1H3/b22-4-. The number of nitrogens with one attached hydrogen (secondary N) is 1. The van der Waals surface area contributed by atoms with Crippen molar-refractivity contribution in [3.8, 4) is 5.75 Å². The van der Waals surface area contributed by atoms with Gasteiger partial charge in [0.05, 0.1) is 10.7 Å². The fourth-order valence-electron chi connectivity index (χ4n) is 1.36. The van der Waals surface area contributed by atoms with Crippen LogP contribution in [-0.2, 0) is 4.79 Å². The van der Waals surface area contributed by atoms with Crippen LogP contribution in [0.2, 0.25) is 0 Å². The second kappa shape index (κ2) is 7.48. The number of hydrogen-bond donors (Lipinski definition) is 1. The Morgan fingerprint density at radius 1 is 1.16 bits per heavy atom. The number of rotatable bonds is 5. The summed E-state index contributed by atoms with van der Waals surface area (Å²) in [4.78, 5) is 11.0. The van der Waals surface area contributed by atoms with E-state index in [9.17, 15) is 35.5 Å². The zero-order valence-electron chi connectivity index (χ0n) is 11.9. The van der Waals surface area contributed by atoms with Gasteiger partial charge in [0.15, 0.2) is 5.75 Å². The van der Waals surface area contributed by atoms with Crippen molar-refractivity contribution in [3.63, 3.8) is 0 Å². The zero-order valence-corrected chi connectivity index (χ0v) is 15.1. The van der Waals surface area contributed by atoms with E-state index in [1.165, 1.54) is 12.1 Å². The predicted octanol–water partition coefficient (Wildman–Crippen LogP) is 4.85. The molecule has 0 bridgehead atoms. The van der Waals surface area contributed by atoms with Crippen molar-refractivity contribution in [2.75, 3.05) is 0 Å². The molecule has 1 aromatic carbocycles. The highest BCUT2D eigenvalue weighted by Crippen LogP contribution is 2.45. The normalized spacial score (nSPS) is 13.2. The number of alkyl halides is 7. The minimum Gasteiger partial charge on any atom is -0.425 e. The Hall–Kier alpha value is -1.37. The first-order valence-electron chi connectivity index (χ1n) is 5.99. The van der Waals surface area contributed by atoms with Crippen molar-refractivity contribution in [3.05, 3.63) is 26.6 Å². The van der Waals surface area contributed by atoms with Gasteiger partial charge in [-0.15, -0.1) is 0 Å². The van der Waals surface area contributed by atoms with Crippen LogP contribution >= 0.6 is 31.9 Å². The Labute approximate surface area is 152 Å². The van der Waals surface area contributed by atoms with Crippen LogP contribution in [0.1, 0.15) is 12.5 Å². The SMILES string of the molecule is CC(=O)Oc1c(Br)cc(Br)cc1/C=N\NC(F)(F)C(F)(F)C(F)(F)F. The number of hydrazone groups is 1. The minimum atomic E-state index is -6.49. The number of hydrogen-bond acceptors (Lipinski definition) is 4. The second-order valence-electron chi connectivity index (χ2n) is 4.42. The molecular weight excluding hydrogens is 497 g/mol. The van der Waals surface area contributed by atoms with Crippen molar-refractivity contribution in [1.29, 1.82) is 0 Å². The number of carbonyl (C=O) groups excluding carboxylic acids is 1. The molecule has 1 rings (SSSR count). The smallest absolute Gasteiger partial charge is 0.425 e. The summed E-state index contributed by atoms with van der Waals surface area (Å²) in [7, 11) is 0. The quantitative estimate of drug-likeness (QED) is 0.156. The molecule has 0 amide bonds. The van der Waals surface area contributed by atoms with E-state index in [0.717, 1.165) is 6.92 Å². The van der Waals surface area contributed by atoms with Gasteiger partial charge in [0, 0.05) is 17.0 Å². The fourth-order valence-corrected chi connectivity index (χ4v) is 2.70. The van der Waals surface area contributed by atoms with E-state index in [0.29, 0.717) is 16.1 Å². The van der Waals surface area contributed by atoms with Crippen LogP contribution in [0.15, 0.2) is 26.2 Å². The fraction of sp³-hybridized carbons (Fsp3) is 0.333. The van der Waals surface area contributed by atoms with Crippen molar-refractivity contribution in [1.82, 2.24) is 5.43 Å². The van der Waals surface area contributed by atoms with Crippen LogP contribution in [0, 0.1) is 0 Å². The molecule has 0 radical (unpaired) electrons. The average Bonchev–Trinajstić information content (AvgIpc) is 2.40. The summed E-state index contributed by atoms with van der Waals surface area (Å²) in [6.45, 7) is 1.03. The molecule has 0 heterocycles. The van der Waals surface area contributed by atoms with Gasteiger partial charge in [0.2, 0.25) is 0 Å². The van der Waals surface area contributed by atoms with Crippen molar-refractivity contribution in [2.24, 2.45) is 5.10 Å². The Kier molecular flexibility index (Phi) is 6.48. The summed E-state index contributed by atoms with van der Waals surface area (Å²) >= 11 is 6.04. The molecule has 13 heteroatoms. The number of carbonyl (C=O) groups is 1. The Morgan fingerprint density at radius 3 is 2.20 bits per heavy atom. The molecule has 0 fully saturated rings. The van der Waals surface area contributed by atoms with Crippen molar-refractivity contribution in [2.45, 2.75) is 25.1 Å². The van der Waals surface area contributed by atoms with Crippen LogP contribution < -0.4 is 10.2 Å². The molecule has 1 N–H and O–H groups in total. The van der Waals surface area contributed by atoms with Gasteiger partial charge >= 0.3 is 24.1 Å². The number of benzene rings is 1. The van der Waals surface area contributed by atoms with Gasteiger partial charge < -0.3 is 4.74 Å². The third-order valence-corrected chi connectivity index (χ3v) is 3.49. The lowest BCUT2D eigenvalue weighted by atomic mass is 10.2. The summed E-state index contributed by atoms with van der Waals surface area (Å²) in [5, 5.41) is 2.71. The molecule has 4 nitrogen and oxygen atoms in total. The van der Waals surface area contributed by atoms with E-state index in [1.807, 2.05) is 0 Å². The van der Waals surface area contributed by atoms with Gasteiger partial charge in [0.1, 0.15) is 0 Å². The third kappa shape index (κ3) is 5.06. The van der Waals surface area contributed by atoms with Gasteiger partial charge in [-0.1, -0.05) is 15.9 Å². The molecule has 25 heavy (non-hydrogen) atoms. The van der Waals surface area contributed by atoms with Crippen LogP contribution in [0.5, 0.6) is 5.75 Å². The van der Waals surface area contributed by atoms with E-state index in [-0.39, 0.29) is 15.8 Å². The Morgan fingerprint density at radius 2 is 1.72 bits per heavy atom. The minimum absolute atomic E-state index is 0.157. The molecule has 0 spiro atoms. The largest absolute Gasteiger partial charge is 0.462 e. The zero-order chi connectivity index (χ0) is 19.6. The van der Waals surface area contributed by atoms with E-state index in [4.69, 9.17) is 4.74 Å². The number of halogens is 9. The topological polar surface area (TPSA) is 50.7 Å². The molecule has 0 unspecified atom stereocenters. The molecule has 0 aliphatic heterocycles. The Balaban J connectivity index is 3.12. The summed E-state index contributed by atoms with van der Waals surface area (Å²) in [6, 6.07) is -3.09. The lowest BCUT2D eigenvalue weighted by molar-refractivity contribution is -0.361. The van der Waals surface area contributed by atoms with E-state index in [2.05, 4.69) is 37.0 Å². The molecule has 0 aliphatic carbocycles. The summed E-state index contributed by atoms with van der Waals surface area (Å²) in [6.07, 6.45) is -5.99. The number of ether oxygens (including phenoxy) is 1. The Bertz CT molecular complexity index is 693. The van der Waals surface area contributed by atoms with Gasteiger partial charge in [-0.25, -0.2) is 5.43 Å². The molecule has 1 aromatic rings. The highest BCUT2D eigenvalue weighted by molar-refractivity contribution is 9.11. The van der Waals surface area contributed by atoms with Crippen LogP contribution in [0.4, 0.5) is 30.7 Å². The first-order chi connectivity index (χ1) is 11.2.